The summed E-state index contributed by atoms with van der Waals surface area (Å²) < 4.78 is 24.2. The molecule has 0 aromatic heterocycles. The van der Waals surface area contributed by atoms with Gasteiger partial charge < -0.3 is 20.1 Å². The number of nitrogens with two attached hydrogens (primary N) is 1. The van der Waals surface area contributed by atoms with Gasteiger partial charge in [0.05, 0.1) is 31.9 Å². The monoisotopic (exact) mass is 487 g/mol. The topological polar surface area (TPSA) is 76.8 Å². The van der Waals surface area contributed by atoms with E-state index in [9.17, 15) is 9.18 Å². The summed E-state index contributed by atoms with van der Waals surface area (Å²) in [5.74, 6) is 0.693. The Morgan fingerprint density at radius 2 is 1.83 bits per heavy atom. The van der Waals surface area contributed by atoms with Crippen LogP contribution >= 0.6 is 0 Å². The predicted octanol–water partition coefficient (Wildman–Crippen LogP) is 5.36. The molecular weight excluding hydrogens is 456 g/mol. The van der Waals surface area contributed by atoms with E-state index >= 15 is 0 Å². The lowest BCUT2D eigenvalue weighted by atomic mass is 9.87. The summed E-state index contributed by atoms with van der Waals surface area (Å²) in [7, 11) is 5.63. The van der Waals surface area contributed by atoms with Gasteiger partial charge in [-0.05, 0) is 49.8 Å². The highest BCUT2D eigenvalue weighted by Gasteiger charge is 2.42. The zero-order valence-corrected chi connectivity index (χ0v) is 20.8. The Kier molecular flexibility index (Phi) is 7.72. The van der Waals surface area contributed by atoms with Gasteiger partial charge in [0.15, 0.2) is 0 Å². The van der Waals surface area contributed by atoms with Crippen molar-refractivity contribution >= 4 is 25.3 Å². The third-order valence-corrected chi connectivity index (χ3v) is 6.42. The Morgan fingerprint density at radius 3 is 2.47 bits per heavy atom. The Bertz CT molecular complexity index is 1190. The number of ether oxygens (including phenoxy) is 2. The lowest BCUT2D eigenvalue weighted by Crippen LogP contribution is -2.42. The van der Waals surface area contributed by atoms with E-state index in [1.54, 1.807) is 12.1 Å². The Balaban J connectivity index is 1.48. The van der Waals surface area contributed by atoms with E-state index in [0.29, 0.717) is 24.2 Å². The summed E-state index contributed by atoms with van der Waals surface area (Å²) in [5.41, 5.74) is 11.7. The van der Waals surface area contributed by atoms with E-state index in [4.69, 9.17) is 23.1 Å². The van der Waals surface area contributed by atoms with Crippen LogP contribution in [-0.2, 0) is 16.1 Å². The first-order valence-corrected chi connectivity index (χ1v) is 12.1. The normalized spacial score (nSPS) is 19.1. The number of nitrogens with one attached hydrogen (secondary N) is 1. The van der Waals surface area contributed by atoms with Crippen LogP contribution in [0.5, 0.6) is 0 Å². The molecule has 1 amide bonds. The molecule has 0 spiro atoms. The summed E-state index contributed by atoms with van der Waals surface area (Å²) in [4.78, 5) is 14.6. The van der Waals surface area contributed by atoms with Gasteiger partial charge in [-0.25, -0.2) is 9.18 Å². The molecule has 8 heteroatoms. The first-order valence-electron chi connectivity index (χ1n) is 12.1. The third kappa shape index (κ3) is 5.27. The first kappa shape index (κ1) is 25.4. The minimum Gasteiger partial charge on any atom is -0.498 e. The van der Waals surface area contributed by atoms with Gasteiger partial charge in [-0.3, -0.25) is 5.32 Å². The summed E-state index contributed by atoms with van der Waals surface area (Å²) in [6.45, 7) is 6.97. The van der Waals surface area contributed by atoms with Gasteiger partial charge in [0.2, 0.25) is 0 Å². The van der Waals surface area contributed by atoms with Crippen molar-refractivity contribution in [2.75, 3.05) is 11.9 Å². The molecule has 36 heavy (non-hydrogen) atoms. The number of nitrogens with zero attached hydrogens (tertiary/aromatic N) is 1. The summed E-state index contributed by atoms with van der Waals surface area (Å²) >= 11 is 0. The van der Waals surface area contributed by atoms with Crippen molar-refractivity contribution in [3.05, 3.63) is 94.7 Å². The molecule has 2 atom stereocenters. The van der Waals surface area contributed by atoms with Crippen molar-refractivity contribution in [2.24, 2.45) is 11.7 Å². The lowest BCUT2D eigenvalue weighted by molar-refractivity contribution is 0.151. The standard InChI is InChI=1S/C28H31BFN3O3/c1-17(2)33-26-18(3)24(35-15-14-29)13-12-23(26)25(31)27(33)20-6-10-22(11-7-20)32-28(34)36-16-19-4-8-21(30)9-5-19/h4-13,17-18,26H,14-16,31H2,1-3H3,(H,32,34)/t18-,26?/m0/s1. The fraction of sp³-hybridized carbons (Fsp3) is 0.321. The number of fused-ring (bicyclic) bond motifs is 1. The van der Waals surface area contributed by atoms with E-state index in [0.717, 1.165) is 28.3 Å². The zero-order valence-electron chi connectivity index (χ0n) is 20.8. The van der Waals surface area contributed by atoms with Gasteiger partial charge in [-0.1, -0.05) is 43.6 Å². The molecule has 2 aromatic rings. The minimum absolute atomic E-state index is 0.0522. The molecule has 0 fully saturated rings. The van der Waals surface area contributed by atoms with Crippen LogP contribution in [0.4, 0.5) is 14.9 Å². The molecule has 1 heterocycles. The molecule has 1 aliphatic carbocycles. The average Bonchev–Trinajstić information content (AvgIpc) is 3.17. The number of benzene rings is 2. The molecule has 1 unspecified atom stereocenters. The van der Waals surface area contributed by atoms with Crippen LogP contribution in [0.15, 0.2) is 77.7 Å². The van der Waals surface area contributed by atoms with Crippen LogP contribution in [0, 0.1) is 11.7 Å². The van der Waals surface area contributed by atoms with Crippen molar-refractivity contribution in [3.63, 3.8) is 0 Å². The maximum absolute atomic E-state index is 13.0. The smallest absolute Gasteiger partial charge is 0.411 e. The highest BCUT2D eigenvalue weighted by Crippen LogP contribution is 2.45. The van der Waals surface area contributed by atoms with Crippen molar-refractivity contribution in [1.82, 2.24) is 4.90 Å². The number of hydrogen-bond acceptors (Lipinski definition) is 5. The second-order valence-corrected chi connectivity index (χ2v) is 9.23. The van der Waals surface area contributed by atoms with Gasteiger partial charge in [0, 0.05) is 28.8 Å². The fourth-order valence-electron chi connectivity index (χ4n) is 4.74. The van der Waals surface area contributed by atoms with Crippen LogP contribution < -0.4 is 11.1 Å². The number of rotatable bonds is 8. The number of amides is 1. The summed E-state index contributed by atoms with van der Waals surface area (Å²) in [6.07, 6.45) is 3.91. The van der Waals surface area contributed by atoms with Gasteiger partial charge >= 0.3 is 6.09 Å². The maximum atomic E-state index is 13.0. The number of carbonyl (C=O) groups excluding carboxylic acids is 1. The molecule has 0 saturated heterocycles. The van der Waals surface area contributed by atoms with Crippen molar-refractivity contribution in [1.29, 1.82) is 0 Å². The Hall–Kier alpha value is -3.68. The van der Waals surface area contributed by atoms with E-state index in [-0.39, 0.29) is 30.4 Å². The second kappa shape index (κ2) is 10.9. The molecule has 0 bridgehead atoms. The highest BCUT2D eigenvalue weighted by molar-refractivity contribution is 6.08. The number of allylic oxidation sites excluding steroid dienone is 2. The van der Waals surface area contributed by atoms with Gasteiger partial charge in [0.25, 0.3) is 0 Å². The van der Waals surface area contributed by atoms with Gasteiger partial charge in [-0.15, -0.1) is 0 Å². The molecule has 2 aromatic carbocycles. The maximum Gasteiger partial charge on any atom is 0.411 e. The Morgan fingerprint density at radius 1 is 1.14 bits per heavy atom. The van der Waals surface area contributed by atoms with Crippen LogP contribution in [0.25, 0.3) is 5.70 Å². The summed E-state index contributed by atoms with van der Waals surface area (Å²) in [6, 6.07) is 13.6. The minimum atomic E-state index is -0.587. The molecule has 0 saturated carbocycles. The van der Waals surface area contributed by atoms with E-state index in [2.05, 4.69) is 31.0 Å². The van der Waals surface area contributed by atoms with E-state index in [1.165, 1.54) is 12.1 Å². The van der Waals surface area contributed by atoms with Crippen LogP contribution in [0.2, 0.25) is 6.32 Å². The molecule has 6 nitrogen and oxygen atoms in total. The number of carbonyl (C=O) groups is 1. The van der Waals surface area contributed by atoms with Crippen LogP contribution in [0.3, 0.4) is 0 Å². The molecule has 4 rings (SSSR count). The van der Waals surface area contributed by atoms with Crippen molar-refractivity contribution < 1.29 is 18.7 Å². The van der Waals surface area contributed by atoms with Crippen molar-refractivity contribution in [3.8, 4) is 0 Å². The van der Waals surface area contributed by atoms with Gasteiger partial charge in [0.1, 0.15) is 18.2 Å². The zero-order chi connectivity index (χ0) is 25.8. The van der Waals surface area contributed by atoms with E-state index in [1.807, 2.05) is 36.4 Å². The second-order valence-electron chi connectivity index (χ2n) is 9.23. The largest absolute Gasteiger partial charge is 0.498 e. The fourth-order valence-corrected chi connectivity index (χ4v) is 4.74. The molecule has 3 N–H and O–H groups in total. The first-order chi connectivity index (χ1) is 17.3. The Labute approximate surface area is 213 Å². The summed E-state index contributed by atoms with van der Waals surface area (Å²) in [5, 5.41) is 2.73. The number of anilines is 1. The molecular formula is C28H31BFN3O3. The van der Waals surface area contributed by atoms with Crippen LogP contribution in [-0.4, -0.2) is 37.5 Å². The van der Waals surface area contributed by atoms with Gasteiger partial charge in [-0.2, -0.15) is 0 Å². The van der Waals surface area contributed by atoms with Crippen LogP contribution in [0.1, 0.15) is 31.9 Å². The lowest BCUT2D eigenvalue weighted by Gasteiger charge is -2.39. The molecule has 2 aliphatic rings. The highest BCUT2D eigenvalue weighted by atomic mass is 19.1. The predicted molar refractivity (Wildman–Crippen MR) is 140 cm³/mol. The van der Waals surface area contributed by atoms with Crippen molar-refractivity contribution in [2.45, 2.75) is 45.8 Å². The molecule has 186 valence electrons. The number of hydrogen-bond donors (Lipinski definition) is 2. The third-order valence-electron chi connectivity index (χ3n) is 6.42. The number of halogens is 1. The van der Waals surface area contributed by atoms with E-state index < -0.39 is 6.09 Å². The quantitative estimate of drug-likeness (QED) is 0.491. The SMILES string of the molecule is [B]CCOC1=CC=C2C(N)=C(c3ccc(NC(=O)OCc4ccc(F)cc4)cc3)N(C(C)C)C2[C@H]1C. The average molecular weight is 487 g/mol. The molecule has 2 radical (unpaired) electrons. The molecule has 1 aliphatic heterocycles.